The quantitative estimate of drug-likeness (QED) is 0.182. The van der Waals surface area contributed by atoms with E-state index in [1.165, 1.54) is 37.7 Å². The van der Waals surface area contributed by atoms with Gasteiger partial charge in [-0.1, -0.05) is 129 Å². The van der Waals surface area contributed by atoms with Gasteiger partial charge in [-0.05, 0) is 89.7 Å². The van der Waals surface area contributed by atoms with Crippen LogP contribution in [0.3, 0.4) is 0 Å². The van der Waals surface area contributed by atoms with Crippen LogP contribution in [0.25, 0.3) is 56.4 Å². The molecule has 8 rings (SSSR count). The Balaban J connectivity index is 1.22. The first-order valence-electron chi connectivity index (χ1n) is 17.6. The van der Waals surface area contributed by atoms with Crippen LogP contribution in [0, 0.1) is 29.1 Å². The molecule has 2 aliphatic rings. The summed E-state index contributed by atoms with van der Waals surface area (Å²) in [4.78, 5) is 14.7. The molecule has 1 heterocycles. The van der Waals surface area contributed by atoms with Gasteiger partial charge in [-0.25, -0.2) is 15.0 Å². The minimum atomic E-state index is 0.199. The van der Waals surface area contributed by atoms with Crippen LogP contribution in [-0.4, -0.2) is 15.0 Å². The van der Waals surface area contributed by atoms with Crippen molar-refractivity contribution in [3.63, 3.8) is 0 Å². The lowest BCUT2D eigenvalue weighted by Crippen LogP contribution is -2.42. The topological polar surface area (TPSA) is 62.5 Å². The molecule has 6 aromatic rings. The Morgan fingerprint density at radius 1 is 0.531 bits per heavy atom. The lowest BCUT2D eigenvalue weighted by molar-refractivity contribution is 0.0781. The number of aromatic nitrogens is 3. The van der Waals surface area contributed by atoms with Gasteiger partial charge in [0.05, 0.1) is 11.6 Å². The normalized spacial score (nSPS) is 21.5. The zero-order valence-corrected chi connectivity index (χ0v) is 28.2. The Morgan fingerprint density at radius 2 is 1.04 bits per heavy atom. The number of nitrogens with zero attached hydrogens (tertiary/aromatic N) is 4. The standard InChI is InChI=1S/C45H40N4/c1-30-23-32-24-31(2)27-45(26-30,28-32)38-21-22-40(41(25-38)39-16-10-9-15-37(39)29-46)33-17-19-36(20-18-33)44-48-42(34-11-5-3-6-12-34)47-43(49-44)35-13-7-4-8-14-35/h3-22,25,30-32H,23-24,26-28H2,1-2H3/t30-,31+,32-,45?. The van der Waals surface area contributed by atoms with Crippen LogP contribution in [0.2, 0.25) is 0 Å². The number of benzene rings is 5. The highest BCUT2D eigenvalue weighted by Crippen LogP contribution is 2.55. The summed E-state index contributed by atoms with van der Waals surface area (Å²) in [5.41, 5.74) is 9.51. The van der Waals surface area contributed by atoms with Gasteiger partial charge in [-0.3, -0.25) is 0 Å². The molecule has 0 spiro atoms. The van der Waals surface area contributed by atoms with Gasteiger partial charge in [-0.2, -0.15) is 5.26 Å². The van der Waals surface area contributed by atoms with Gasteiger partial charge in [0.2, 0.25) is 0 Å². The molecule has 0 radical (unpaired) electrons. The molecule has 0 N–H and O–H groups in total. The first-order valence-corrected chi connectivity index (χ1v) is 17.6. The third-order valence-electron chi connectivity index (χ3n) is 10.8. The Hall–Kier alpha value is -5.40. The molecule has 2 fully saturated rings. The number of fused-ring (bicyclic) bond motifs is 2. The number of hydrogen-bond donors (Lipinski definition) is 0. The summed E-state index contributed by atoms with van der Waals surface area (Å²) < 4.78 is 0. The first-order chi connectivity index (χ1) is 24.0. The van der Waals surface area contributed by atoms with Gasteiger partial charge in [-0.15, -0.1) is 0 Å². The van der Waals surface area contributed by atoms with Crippen LogP contribution in [0.15, 0.2) is 127 Å². The van der Waals surface area contributed by atoms with E-state index in [4.69, 9.17) is 15.0 Å². The van der Waals surface area contributed by atoms with Gasteiger partial charge < -0.3 is 0 Å². The average molecular weight is 637 g/mol. The lowest BCUT2D eigenvalue weighted by Gasteiger charge is -2.50. The Morgan fingerprint density at radius 3 is 1.61 bits per heavy atom. The monoisotopic (exact) mass is 636 g/mol. The smallest absolute Gasteiger partial charge is 0.164 e. The van der Waals surface area contributed by atoms with Crippen molar-refractivity contribution >= 4 is 0 Å². The predicted octanol–water partition coefficient (Wildman–Crippen LogP) is 11.2. The van der Waals surface area contributed by atoms with Crippen LogP contribution in [0.4, 0.5) is 0 Å². The maximum Gasteiger partial charge on any atom is 0.164 e. The van der Waals surface area contributed by atoms with Crippen LogP contribution < -0.4 is 0 Å². The SMILES string of the molecule is C[C@@H]1C[C@@H]2C[C@H](C)CC(c3ccc(-c4ccc(-c5nc(-c6ccccc6)nc(-c6ccccc6)n5)cc4)c(-c4ccccc4C#N)c3)(C1)C2. The summed E-state index contributed by atoms with van der Waals surface area (Å²) in [7, 11) is 0. The fourth-order valence-corrected chi connectivity index (χ4v) is 8.96. The maximum atomic E-state index is 10.2. The van der Waals surface area contributed by atoms with Crippen LogP contribution in [-0.2, 0) is 5.41 Å². The zero-order chi connectivity index (χ0) is 33.4. The van der Waals surface area contributed by atoms with Gasteiger partial charge in [0.15, 0.2) is 17.5 Å². The summed E-state index contributed by atoms with van der Waals surface area (Å²) in [6.07, 6.45) is 6.45. The summed E-state index contributed by atoms with van der Waals surface area (Å²) in [6.45, 7) is 4.88. The number of rotatable bonds is 6. The Kier molecular flexibility index (Phi) is 8.14. The van der Waals surface area contributed by atoms with Crippen LogP contribution in [0.1, 0.15) is 57.1 Å². The highest BCUT2D eigenvalue weighted by Gasteiger charge is 2.45. The molecule has 4 nitrogen and oxygen atoms in total. The van der Waals surface area contributed by atoms with Crippen molar-refractivity contribution in [3.05, 3.63) is 139 Å². The summed E-state index contributed by atoms with van der Waals surface area (Å²) in [5, 5.41) is 10.2. The van der Waals surface area contributed by atoms with Gasteiger partial charge in [0, 0.05) is 22.3 Å². The van der Waals surface area contributed by atoms with Crippen LogP contribution in [0.5, 0.6) is 0 Å². The third-order valence-corrected chi connectivity index (χ3v) is 10.8. The summed E-state index contributed by atoms with van der Waals surface area (Å²) in [5.74, 6) is 4.19. The Bertz CT molecular complexity index is 2070. The fraction of sp³-hybridized carbons (Fsp3) is 0.244. The van der Waals surface area contributed by atoms with E-state index in [2.05, 4.69) is 68.4 Å². The second kappa shape index (κ2) is 12.9. The molecule has 4 atom stereocenters. The fourth-order valence-electron chi connectivity index (χ4n) is 8.96. The molecule has 2 bridgehead atoms. The third kappa shape index (κ3) is 6.07. The molecular formula is C45H40N4. The summed E-state index contributed by atoms with van der Waals surface area (Å²) >= 11 is 0. The number of hydrogen-bond acceptors (Lipinski definition) is 4. The van der Waals surface area contributed by atoms with Crippen molar-refractivity contribution < 1.29 is 0 Å². The van der Waals surface area contributed by atoms with Gasteiger partial charge >= 0.3 is 0 Å². The molecule has 1 unspecified atom stereocenters. The van der Waals surface area contributed by atoms with Crippen molar-refractivity contribution in [2.45, 2.75) is 51.4 Å². The molecule has 2 saturated carbocycles. The van der Waals surface area contributed by atoms with Crippen LogP contribution >= 0.6 is 0 Å². The lowest BCUT2D eigenvalue weighted by atomic mass is 9.54. The average Bonchev–Trinajstić information content (AvgIpc) is 3.14. The molecule has 240 valence electrons. The summed E-state index contributed by atoms with van der Waals surface area (Å²) in [6, 6.07) is 46.3. The van der Waals surface area contributed by atoms with E-state index >= 15 is 0 Å². The maximum absolute atomic E-state index is 10.2. The first kappa shape index (κ1) is 30.9. The van der Waals surface area contributed by atoms with E-state index in [0.29, 0.717) is 23.0 Å². The molecule has 4 heteroatoms. The Labute approximate surface area is 289 Å². The molecule has 0 amide bonds. The molecule has 2 aliphatic carbocycles. The van der Waals surface area contributed by atoms with E-state index in [1.807, 2.05) is 78.9 Å². The zero-order valence-electron chi connectivity index (χ0n) is 28.2. The number of nitriles is 1. The highest BCUT2D eigenvalue weighted by molar-refractivity contribution is 5.87. The van der Waals surface area contributed by atoms with E-state index in [0.717, 1.165) is 56.7 Å². The van der Waals surface area contributed by atoms with E-state index < -0.39 is 0 Å². The second-order valence-corrected chi connectivity index (χ2v) is 14.5. The highest BCUT2D eigenvalue weighted by atomic mass is 15.0. The minimum absolute atomic E-state index is 0.199. The van der Waals surface area contributed by atoms with Crippen molar-refractivity contribution in [3.8, 4) is 62.5 Å². The van der Waals surface area contributed by atoms with E-state index in [1.54, 1.807) is 0 Å². The largest absolute Gasteiger partial charge is 0.208 e. The molecular weight excluding hydrogens is 597 g/mol. The van der Waals surface area contributed by atoms with E-state index in [-0.39, 0.29) is 5.41 Å². The van der Waals surface area contributed by atoms with Gasteiger partial charge in [0.25, 0.3) is 0 Å². The van der Waals surface area contributed by atoms with Crippen molar-refractivity contribution in [2.24, 2.45) is 17.8 Å². The van der Waals surface area contributed by atoms with Crippen molar-refractivity contribution in [2.75, 3.05) is 0 Å². The van der Waals surface area contributed by atoms with Crippen molar-refractivity contribution in [1.29, 1.82) is 5.26 Å². The second-order valence-electron chi connectivity index (χ2n) is 14.5. The minimum Gasteiger partial charge on any atom is -0.208 e. The molecule has 49 heavy (non-hydrogen) atoms. The molecule has 1 aromatic heterocycles. The predicted molar refractivity (Wildman–Crippen MR) is 198 cm³/mol. The van der Waals surface area contributed by atoms with Gasteiger partial charge in [0.1, 0.15) is 0 Å². The van der Waals surface area contributed by atoms with Crippen molar-refractivity contribution in [1.82, 2.24) is 15.0 Å². The molecule has 0 aliphatic heterocycles. The molecule has 5 aromatic carbocycles. The molecule has 0 saturated heterocycles. The van der Waals surface area contributed by atoms with E-state index in [9.17, 15) is 5.26 Å².